The molecule has 0 fully saturated rings. The molecule has 0 unspecified atom stereocenters. The fraction of sp³-hybridized carbons (Fsp3) is 0.0667. The third-order valence-electron chi connectivity index (χ3n) is 2.93. The van der Waals surface area contributed by atoms with Crippen LogP contribution in [0.3, 0.4) is 0 Å². The average Bonchev–Trinajstić information content (AvgIpc) is 2.56. The summed E-state index contributed by atoms with van der Waals surface area (Å²) in [5.74, 6) is -0.906. The highest BCUT2D eigenvalue weighted by Crippen LogP contribution is 2.37. The van der Waals surface area contributed by atoms with Crippen molar-refractivity contribution in [2.75, 3.05) is 7.11 Å². The van der Waals surface area contributed by atoms with Crippen molar-refractivity contribution < 1.29 is 19.2 Å². The Kier molecular flexibility index (Phi) is 5.24. The zero-order chi connectivity index (χ0) is 17.9. The van der Waals surface area contributed by atoms with E-state index in [1.54, 1.807) is 0 Å². The number of ether oxygens (including phenoxy) is 2. The lowest BCUT2D eigenvalue weighted by Crippen LogP contribution is -2.10. The van der Waals surface area contributed by atoms with E-state index in [-0.39, 0.29) is 32.7 Å². The topological polar surface area (TPSA) is 102 Å². The first-order valence-corrected chi connectivity index (χ1v) is 7.06. The molecule has 0 aliphatic rings. The molecule has 0 N–H and O–H groups in total. The van der Waals surface area contributed by atoms with Gasteiger partial charge in [0, 0.05) is 12.1 Å². The summed E-state index contributed by atoms with van der Waals surface area (Å²) in [6.07, 6.45) is 0. The second-order valence-corrected chi connectivity index (χ2v) is 5.23. The van der Waals surface area contributed by atoms with Crippen LogP contribution in [0.2, 0.25) is 10.0 Å². The van der Waals surface area contributed by atoms with E-state index in [1.165, 1.54) is 31.4 Å². The maximum Gasteiger partial charge on any atom is 0.343 e. The summed E-state index contributed by atoms with van der Waals surface area (Å²) in [6.45, 7) is 0. The third kappa shape index (κ3) is 3.56. The fourth-order valence-electron chi connectivity index (χ4n) is 1.81. The van der Waals surface area contributed by atoms with Gasteiger partial charge in [0.2, 0.25) is 0 Å². The van der Waals surface area contributed by atoms with Crippen molar-refractivity contribution in [2.45, 2.75) is 0 Å². The molecule has 2 rings (SSSR count). The highest BCUT2D eigenvalue weighted by molar-refractivity contribution is 6.33. The molecule has 0 atom stereocenters. The van der Waals surface area contributed by atoms with Gasteiger partial charge in [0.1, 0.15) is 5.02 Å². The minimum Gasteiger partial charge on any atom is -0.493 e. The number of halogens is 2. The second-order valence-electron chi connectivity index (χ2n) is 4.41. The van der Waals surface area contributed by atoms with Crippen LogP contribution in [0.25, 0.3) is 0 Å². The van der Waals surface area contributed by atoms with E-state index in [0.717, 1.165) is 6.07 Å². The summed E-state index contributed by atoms with van der Waals surface area (Å²) in [7, 11) is 1.32. The first-order chi connectivity index (χ1) is 11.4. The molecule has 122 valence electrons. The van der Waals surface area contributed by atoms with Gasteiger partial charge in [-0.25, -0.2) is 4.79 Å². The highest BCUT2D eigenvalue weighted by Gasteiger charge is 2.20. The van der Waals surface area contributed by atoms with Gasteiger partial charge in [-0.05, 0) is 18.2 Å². The highest BCUT2D eigenvalue weighted by atomic mass is 35.5. The van der Waals surface area contributed by atoms with E-state index in [2.05, 4.69) is 0 Å². The van der Waals surface area contributed by atoms with Crippen LogP contribution in [0.5, 0.6) is 11.5 Å². The van der Waals surface area contributed by atoms with Crippen molar-refractivity contribution >= 4 is 34.9 Å². The summed E-state index contributed by atoms with van der Waals surface area (Å²) in [4.78, 5) is 22.4. The number of rotatable bonds is 4. The molecule has 0 bridgehead atoms. The van der Waals surface area contributed by atoms with Crippen LogP contribution in [0.4, 0.5) is 5.69 Å². The van der Waals surface area contributed by atoms with Gasteiger partial charge in [0.05, 0.1) is 34.3 Å². The number of carbonyl (C=O) groups excluding carboxylic acids is 1. The molecule has 2 aromatic carbocycles. The van der Waals surface area contributed by atoms with Crippen LogP contribution in [0, 0.1) is 21.4 Å². The number of benzene rings is 2. The van der Waals surface area contributed by atoms with Gasteiger partial charge in [-0.15, -0.1) is 0 Å². The number of nitro groups is 1. The van der Waals surface area contributed by atoms with Gasteiger partial charge in [-0.2, -0.15) is 5.26 Å². The molecule has 0 heterocycles. The normalized spacial score (nSPS) is 9.92. The lowest BCUT2D eigenvalue weighted by atomic mass is 10.2. The first-order valence-electron chi connectivity index (χ1n) is 6.31. The smallest absolute Gasteiger partial charge is 0.343 e. The molecule has 0 spiro atoms. The average molecular weight is 367 g/mol. The zero-order valence-corrected chi connectivity index (χ0v) is 13.6. The number of nitro benzene ring substituents is 1. The lowest BCUT2D eigenvalue weighted by molar-refractivity contribution is -0.384. The minimum atomic E-state index is -0.889. The van der Waals surface area contributed by atoms with Crippen molar-refractivity contribution in [2.24, 2.45) is 0 Å². The van der Waals surface area contributed by atoms with Gasteiger partial charge in [-0.1, -0.05) is 23.2 Å². The van der Waals surface area contributed by atoms with E-state index in [4.69, 9.17) is 37.9 Å². The molecule has 24 heavy (non-hydrogen) atoms. The van der Waals surface area contributed by atoms with Crippen molar-refractivity contribution in [1.82, 2.24) is 0 Å². The minimum absolute atomic E-state index is 0.0114. The summed E-state index contributed by atoms with van der Waals surface area (Å²) in [5.41, 5.74) is -0.295. The Morgan fingerprint density at radius 1 is 1.25 bits per heavy atom. The van der Waals surface area contributed by atoms with E-state index >= 15 is 0 Å². The predicted molar refractivity (Wildman–Crippen MR) is 85.8 cm³/mol. The van der Waals surface area contributed by atoms with Crippen LogP contribution in [0.1, 0.15) is 15.9 Å². The molecular formula is C15H8Cl2N2O5. The Morgan fingerprint density at radius 2 is 1.96 bits per heavy atom. The van der Waals surface area contributed by atoms with Gasteiger partial charge in [0.25, 0.3) is 5.69 Å². The summed E-state index contributed by atoms with van der Waals surface area (Å²) >= 11 is 11.7. The second kappa shape index (κ2) is 7.17. The van der Waals surface area contributed by atoms with Crippen molar-refractivity contribution in [1.29, 1.82) is 5.26 Å². The van der Waals surface area contributed by atoms with Crippen LogP contribution < -0.4 is 9.47 Å². The predicted octanol–water partition coefficient (Wildman–Crippen LogP) is 4.00. The standard InChI is InChI=1S/C15H8Cl2N2O5/c1-23-13-5-8(7-18)4-11(17)14(13)24-15(20)9-2-3-10(16)12(6-9)19(21)22/h2-6H,1H3. The van der Waals surface area contributed by atoms with E-state index in [0.29, 0.717) is 0 Å². The first kappa shape index (κ1) is 17.5. The quantitative estimate of drug-likeness (QED) is 0.350. The largest absolute Gasteiger partial charge is 0.493 e. The molecular weight excluding hydrogens is 359 g/mol. The monoisotopic (exact) mass is 366 g/mol. The van der Waals surface area contributed by atoms with Crippen LogP contribution in [0.15, 0.2) is 30.3 Å². The number of esters is 1. The fourth-order valence-corrected chi connectivity index (χ4v) is 2.25. The van der Waals surface area contributed by atoms with Crippen molar-refractivity contribution in [3.8, 4) is 17.6 Å². The molecule has 7 nitrogen and oxygen atoms in total. The lowest BCUT2D eigenvalue weighted by Gasteiger charge is -2.11. The number of nitrogens with zero attached hydrogens (tertiary/aromatic N) is 2. The Bertz CT molecular complexity index is 877. The van der Waals surface area contributed by atoms with Gasteiger partial charge in [-0.3, -0.25) is 10.1 Å². The Hall–Kier alpha value is -2.82. The Morgan fingerprint density at radius 3 is 2.54 bits per heavy atom. The molecule has 0 saturated carbocycles. The Balaban J connectivity index is 2.39. The van der Waals surface area contributed by atoms with E-state index < -0.39 is 16.6 Å². The number of hydrogen-bond acceptors (Lipinski definition) is 6. The molecule has 0 saturated heterocycles. The maximum absolute atomic E-state index is 12.2. The van der Waals surface area contributed by atoms with Crippen molar-refractivity contribution in [3.05, 3.63) is 61.6 Å². The molecule has 2 aromatic rings. The third-order valence-corrected chi connectivity index (χ3v) is 3.53. The zero-order valence-electron chi connectivity index (χ0n) is 12.1. The van der Waals surface area contributed by atoms with Gasteiger partial charge < -0.3 is 9.47 Å². The molecule has 0 aromatic heterocycles. The number of carbonyl (C=O) groups is 1. The van der Waals surface area contributed by atoms with E-state index in [9.17, 15) is 14.9 Å². The molecule has 9 heteroatoms. The molecule has 0 aliphatic carbocycles. The number of hydrogen-bond donors (Lipinski definition) is 0. The summed E-state index contributed by atoms with van der Waals surface area (Å²) in [6, 6.07) is 8.03. The summed E-state index contributed by atoms with van der Waals surface area (Å²) < 4.78 is 10.2. The molecule has 0 amide bonds. The molecule has 0 aliphatic heterocycles. The number of nitriles is 1. The van der Waals surface area contributed by atoms with Gasteiger partial charge >= 0.3 is 5.97 Å². The van der Waals surface area contributed by atoms with Crippen molar-refractivity contribution in [3.63, 3.8) is 0 Å². The molecule has 0 radical (unpaired) electrons. The summed E-state index contributed by atoms with van der Waals surface area (Å²) in [5, 5.41) is 19.7. The van der Waals surface area contributed by atoms with Crippen LogP contribution in [-0.4, -0.2) is 18.0 Å². The Labute approximate surface area is 146 Å². The van der Waals surface area contributed by atoms with Gasteiger partial charge in [0.15, 0.2) is 11.5 Å². The number of methoxy groups -OCH3 is 1. The van der Waals surface area contributed by atoms with E-state index in [1.807, 2.05) is 6.07 Å². The van der Waals surface area contributed by atoms with Crippen LogP contribution in [-0.2, 0) is 0 Å². The van der Waals surface area contributed by atoms with Crippen LogP contribution >= 0.6 is 23.2 Å². The SMILES string of the molecule is COc1cc(C#N)cc(Cl)c1OC(=O)c1ccc(Cl)c([N+](=O)[O-])c1. The maximum atomic E-state index is 12.2.